The number of hydrogen-bond donors (Lipinski definition) is 1. The lowest BCUT2D eigenvalue weighted by Gasteiger charge is -2.25. The van der Waals surface area contributed by atoms with Crippen molar-refractivity contribution in [1.82, 2.24) is 14.8 Å². The van der Waals surface area contributed by atoms with E-state index in [4.69, 9.17) is 4.74 Å². The molecule has 186 valence electrons. The first-order valence-corrected chi connectivity index (χ1v) is 12.0. The van der Waals surface area contributed by atoms with E-state index in [0.717, 1.165) is 17.7 Å². The quantitative estimate of drug-likeness (QED) is 0.276. The molecule has 0 aliphatic carbocycles. The van der Waals surface area contributed by atoms with Gasteiger partial charge in [-0.1, -0.05) is 35.9 Å². The Balaban J connectivity index is 1.60. The molecular weight excluding hydrogens is 454 g/mol. The third kappa shape index (κ3) is 5.63. The summed E-state index contributed by atoms with van der Waals surface area (Å²) >= 11 is 0. The fraction of sp³-hybridized carbons (Fsp3) is 0.276. The molecule has 0 bridgehead atoms. The molecule has 1 saturated heterocycles. The molecule has 2 aromatic carbocycles. The third-order valence-corrected chi connectivity index (χ3v) is 6.16. The molecule has 1 aliphatic rings. The van der Waals surface area contributed by atoms with Gasteiger partial charge in [0.25, 0.3) is 11.7 Å². The van der Waals surface area contributed by atoms with Crippen molar-refractivity contribution in [3.63, 3.8) is 0 Å². The van der Waals surface area contributed by atoms with Gasteiger partial charge >= 0.3 is 0 Å². The number of pyridine rings is 1. The zero-order chi connectivity index (χ0) is 25.7. The van der Waals surface area contributed by atoms with Gasteiger partial charge in [0.05, 0.1) is 11.6 Å². The minimum absolute atomic E-state index is 0.0753. The molecular formula is C29H31N3O4. The van der Waals surface area contributed by atoms with Crippen LogP contribution in [0, 0.1) is 6.92 Å². The van der Waals surface area contributed by atoms with Crippen LogP contribution < -0.4 is 4.74 Å². The van der Waals surface area contributed by atoms with Crippen LogP contribution in [0.5, 0.6) is 5.75 Å². The Hall–Kier alpha value is -3.97. The van der Waals surface area contributed by atoms with Crippen molar-refractivity contribution < 1.29 is 19.4 Å². The molecule has 3 aromatic rings. The van der Waals surface area contributed by atoms with Crippen molar-refractivity contribution in [2.24, 2.45) is 0 Å². The Morgan fingerprint density at radius 3 is 2.53 bits per heavy atom. The average molecular weight is 486 g/mol. The van der Waals surface area contributed by atoms with Crippen LogP contribution in [0.2, 0.25) is 0 Å². The molecule has 0 saturated carbocycles. The molecule has 1 amide bonds. The van der Waals surface area contributed by atoms with Crippen LogP contribution in [0.3, 0.4) is 0 Å². The van der Waals surface area contributed by atoms with E-state index in [2.05, 4.69) is 11.1 Å². The number of ketones is 1. The minimum atomic E-state index is -0.696. The fourth-order valence-corrected chi connectivity index (χ4v) is 4.39. The number of aliphatic hydroxyl groups excluding tert-OH is 1. The van der Waals surface area contributed by atoms with E-state index in [-0.39, 0.29) is 11.3 Å². The van der Waals surface area contributed by atoms with Gasteiger partial charge in [0.1, 0.15) is 18.1 Å². The first-order valence-electron chi connectivity index (χ1n) is 12.0. The molecule has 1 N–H and O–H groups in total. The SMILES string of the molecule is Cc1cccc(COc2ccc(/C(O)=C3/C(=O)C(=O)N(CCCN(C)C)C3c3cccnc3)cc2)c1. The lowest BCUT2D eigenvalue weighted by molar-refractivity contribution is -0.139. The molecule has 1 unspecified atom stereocenters. The first kappa shape index (κ1) is 25.1. The summed E-state index contributed by atoms with van der Waals surface area (Å²) in [4.78, 5) is 33.8. The van der Waals surface area contributed by atoms with Crippen molar-refractivity contribution in [3.05, 3.63) is 101 Å². The van der Waals surface area contributed by atoms with Gasteiger partial charge in [0.2, 0.25) is 0 Å². The predicted octanol–water partition coefficient (Wildman–Crippen LogP) is 4.34. The normalized spacial score (nSPS) is 17.1. The van der Waals surface area contributed by atoms with Gasteiger partial charge < -0.3 is 19.6 Å². The van der Waals surface area contributed by atoms with E-state index in [1.807, 2.05) is 50.2 Å². The minimum Gasteiger partial charge on any atom is -0.507 e. The maximum atomic E-state index is 13.1. The number of amides is 1. The maximum absolute atomic E-state index is 13.1. The van der Waals surface area contributed by atoms with Crippen LogP contribution in [-0.2, 0) is 16.2 Å². The molecule has 0 spiro atoms. The highest BCUT2D eigenvalue weighted by atomic mass is 16.5. The van der Waals surface area contributed by atoms with Crippen molar-refractivity contribution in [3.8, 4) is 5.75 Å². The summed E-state index contributed by atoms with van der Waals surface area (Å²) < 4.78 is 5.88. The Bertz CT molecular complexity index is 1250. The highest BCUT2D eigenvalue weighted by Gasteiger charge is 2.45. The number of nitrogens with zero attached hydrogens (tertiary/aromatic N) is 3. The summed E-state index contributed by atoms with van der Waals surface area (Å²) in [6.45, 7) is 3.62. The van der Waals surface area contributed by atoms with Crippen molar-refractivity contribution >= 4 is 17.4 Å². The van der Waals surface area contributed by atoms with E-state index in [0.29, 0.717) is 36.4 Å². The number of rotatable bonds is 9. The Kier molecular flexibility index (Phi) is 7.80. The molecule has 0 radical (unpaired) electrons. The topological polar surface area (TPSA) is 83.0 Å². The van der Waals surface area contributed by atoms with Crippen LogP contribution in [0.4, 0.5) is 0 Å². The van der Waals surface area contributed by atoms with Gasteiger partial charge in [-0.15, -0.1) is 0 Å². The highest BCUT2D eigenvalue weighted by Crippen LogP contribution is 2.39. The summed E-state index contributed by atoms with van der Waals surface area (Å²) in [5, 5.41) is 11.2. The van der Waals surface area contributed by atoms with E-state index in [1.54, 1.807) is 42.7 Å². The number of carbonyl (C=O) groups excluding carboxylic acids is 2. The molecule has 1 fully saturated rings. The fourth-order valence-electron chi connectivity index (χ4n) is 4.39. The predicted molar refractivity (Wildman–Crippen MR) is 138 cm³/mol. The molecule has 2 heterocycles. The summed E-state index contributed by atoms with van der Waals surface area (Å²) in [5.41, 5.74) is 3.43. The van der Waals surface area contributed by atoms with E-state index < -0.39 is 17.7 Å². The van der Waals surface area contributed by atoms with E-state index >= 15 is 0 Å². The van der Waals surface area contributed by atoms with Gasteiger partial charge in [-0.3, -0.25) is 14.6 Å². The number of likely N-dealkylation sites (tertiary alicyclic amines) is 1. The Labute approximate surface area is 211 Å². The molecule has 1 atom stereocenters. The smallest absolute Gasteiger partial charge is 0.295 e. The number of aryl methyl sites for hydroxylation is 1. The lowest BCUT2D eigenvalue weighted by atomic mass is 9.96. The van der Waals surface area contributed by atoms with Crippen LogP contribution in [0.25, 0.3) is 5.76 Å². The number of hydrogen-bond acceptors (Lipinski definition) is 6. The zero-order valence-electron chi connectivity index (χ0n) is 20.8. The van der Waals surface area contributed by atoms with Gasteiger partial charge in [-0.05, 0) is 75.4 Å². The molecule has 4 rings (SSSR count). The number of Topliss-reactive ketones (excluding diaryl/α,β-unsaturated/α-hetero) is 1. The molecule has 1 aromatic heterocycles. The Morgan fingerprint density at radius 2 is 1.86 bits per heavy atom. The van der Waals surface area contributed by atoms with Crippen molar-refractivity contribution in [2.45, 2.75) is 26.0 Å². The van der Waals surface area contributed by atoms with E-state index in [9.17, 15) is 14.7 Å². The molecule has 36 heavy (non-hydrogen) atoms. The second kappa shape index (κ2) is 11.2. The van der Waals surface area contributed by atoms with Crippen LogP contribution in [0.1, 0.15) is 34.7 Å². The standard InChI is InChI=1S/C29H31N3O4/c1-20-7-4-8-21(17-20)19-36-24-12-10-22(11-13-24)27(33)25-26(23-9-5-14-30-18-23)32(29(35)28(25)34)16-6-15-31(2)3/h4-5,7-14,17-18,26,33H,6,15-16,19H2,1-3H3/b27-25-. The maximum Gasteiger partial charge on any atom is 0.295 e. The molecule has 1 aliphatic heterocycles. The van der Waals surface area contributed by atoms with Crippen LogP contribution in [0.15, 0.2) is 78.6 Å². The van der Waals surface area contributed by atoms with Gasteiger partial charge in [0.15, 0.2) is 0 Å². The van der Waals surface area contributed by atoms with Crippen molar-refractivity contribution in [2.75, 3.05) is 27.2 Å². The molecule has 7 heteroatoms. The summed E-state index contributed by atoms with van der Waals surface area (Å²) in [6.07, 6.45) is 3.96. The zero-order valence-corrected chi connectivity index (χ0v) is 20.8. The number of carbonyl (C=O) groups is 2. The van der Waals surface area contributed by atoms with Gasteiger partial charge in [-0.2, -0.15) is 0 Å². The molecule has 7 nitrogen and oxygen atoms in total. The summed E-state index contributed by atoms with van der Waals surface area (Å²) in [5.74, 6) is -0.864. The number of aromatic nitrogens is 1. The summed E-state index contributed by atoms with van der Waals surface area (Å²) in [6, 6.07) is 17.9. The average Bonchev–Trinajstić information content (AvgIpc) is 3.13. The van der Waals surface area contributed by atoms with Crippen molar-refractivity contribution in [1.29, 1.82) is 0 Å². The Morgan fingerprint density at radius 1 is 1.08 bits per heavy atom. The second-order valence-electron chi connectivity index (χ2n) is 9.24. The largest absolute Gasteiger partial charge is 0.507 e. The highest BCUT2D eigenvalue weighted by molar-refractivity contribution is 6.46. The first-order chi connectivity index (χ1) is 17.3. The van der Waals surface area contributed by atoms with Gasteiger partial charge in [0, 0.05) is 24.5 Å². The summed E-state index contributed by atoms with van der Waals surface area (Å²) in [7, 11) is 3.92. The monoisotopic (exact) mass is 485 g/mol. The number of benzene rings is 2. The second-order valence-corrected chi connectivity index (χ2v) is 9.24. The van der Waals surface area contributed by atoms with E-state index in [1.165, 1.54) is 4.90 Å². The van der Waals surface area contributed by atoms with Gasteiger partial charge in [-0.25, -0.2) is 0 Å². The lowest BCUT2D eigenvalue weighted by Crippen LogP contribution is -2.32. The van der Waals surface area contributed by atoms with Crippen LogP contribution in [-0.4, -0.2) is 58.8 Å². The van der Waals surface area contributed by atoms with Crippen LogP contribution >= 0.6 is 0 Å². The number of ether oxygens (including phenoxy) is 1. The number of aliphatic hydroxyl groups is 1. The third-order valence-electron chi connectivity index (χ3n) is 6.16.